The molecule has 2 aromatic rings. The number of hydrogen-bond donors (Lipinski definition) is 1. The van der Waals surface area contributed by atoms with Crippen LogP contribution in [0.4, 0.5) is 5.69 Å². The summed E-state index contributed by atoms with van der Waals surface area (Å²) in [4.78, 5) is 12.9. The van der Waals surface area contributed by atoms with Gasteiger partial charge in [-0.05, 0) is 75.6 Å². The number of amides is 1. The molecule has 0 radical (unpaired) electrons. The number of nitrogens with zero attached hydrogens (tertiary/aromatic N) is 1. The summed E-state index contributed by atoms with van der Waals surface area (Å²) in [5.74, 6) is 0.861. The molecule has 7 nitrogen and oxygen atoms in total. The van der Waals surface area contributed by atoms with Crippen LogP contribution in [0.2, 0.25) is 0 Å². The summed E-state index contributed by atoms with van der Waals surface area (Å²) in [5, 5.41) is 2.83. The van der Waals surface area contributed by atoms with E-state index in [9.17, 15) is 13.2 Å². The van der Waals surface area contributed by atoms with E-state index in [0.29, 0.717) is 30.4 Å². The third-order valence-electron chi connectivity index (χ3n) is 4.62. The van der Waals surface area contributed by atoms with Gasteiger partial charge in [-0.3, -0.25) is 9.10 Å². The standard InChI is InChI=1S/C23H32N2O5S/c1-7-29-21-10-9-19(14-22(21)30-8-2)15-24-23(26)18(5)25(31(6,27)28)20-12-16(3)11-17(4)13-20/h9-14,18H,7-8,15H2,1-6H3,(H,24,26)/t18-/m1/s1. The van der Waals surface area contributed by atoms with Crippen LogP contribution >= 0.6 is 0 Å². The van der Waals surface area contributed by atoms with Crippen molar-refractivity contribution in [2.75, 3.05) is 23.8 Å². The molecule has 170 valence electrons. The van der Waals surface area contributed by atoms with Crippen LogP contribution in [0, 0.1) is 13.8 Å². The Kier molecular flexibility index (Phi) is 8.33. The normalized spacial score (nSPS) is 12.2. The summed E-state index contributed by atoms with van der Waals surface area (Å²) in [6.07, 6.45) is 1.11. The van der Waals surface area contributed by atoms with Crippen LogP contribution in [0.5, 0.6) is 11.5 Å². The highest BCUT2D eigenvalue weighted by Crippen LogP contribution is 2.29. The molecule has 0 heterocycles. The van der Waals surface area contributed by atoms with Gasteiger partial charge in [0.15, 0.2) is 11.5 Å². The molecule has 0 saturated carbocycles. The lowest BCUT2D eigenvalue weighted by molar-refractivity contribution is -0.122. The van der Waals surface area contributed by atoms with Crippen LogP contribution in [-0.4, -0.2) is 39.8 Å². The Morgan fingerprint density at radius 1 is 1.00 bits per heavy atom. The Labute approximate surface area is 185 Å². The van der Waals surface area contributed by atoms with Gasteiger partial charge in [-0.15, -0.1) is 0 Å². The zero-order valence-corrected chi connectivity index (χ0v) is 19.9. The second kappa shape index (κ2) is 10.5. The predicted octanol–water partition coefficient (Wildman–Crippen LogP) is 3.57. The molecule has 0 aliphatic rings. The van der Waals surface area contributed by atoms with Crippen LogP contribution in [-0.2, 0) is 21.4 Å². The van der Waals surface area contributed by atoms with Gasteiger partial charge in [0.1, 0.15) is 6.04 Å². The zero-order chi connectivity index (χ0) is 23.2. The fourth-order valence-corrected chi connectivity index (χ4v) is 4.59. The van der Waals surface area contributed by atoms with Gasteiger partial charge in [-0.25, -0.2) is 8.42 Å². The highest BCUT2D eigenvalue weighted by Gasteiger charge is 2.29. The number of hydrogen-bond acceptors (Lipinski definition) is 5. The maximum Gasteiger partial charge on any atom is 0.243 e. The van der Waals surface area contributed by atoms with Crippen molar-refractivity contribution in [3.8, 4) is 11.5 Å². The highest BCUT2D eigenvalue weighted by atomic mass is 32.2. The lowest BCUT2D eigenvalue weighted by atomic mass is 10.1. The van der Waals surface area contributed by atoms with Gasteiger partial charge in [0.05, 0.1) is 25.2 Å². The molecule has 0 fully saturated rings. The Morgan fingerprint density at radius 2 is 1.58 bits per heavy atom. The number of ether oxygens (including phenoxy) is 2. The fraction of sp³-hybridized carbons (Fsp3) is 0.435. The molecule has 1 amide bonds. The van der Waals surface area contributed by atoms with E-state index in [0.717, 1.165) is 27.3 Å². The van der Waals surface area contributed by atoms with E-state index >= 15 is 0 Å². The Morgan fingerprint density at radius 3 is 2.13 bits per heavy atom. The minimum atomic E-state index is -3.67. The Balaban J connectivity index is 2.20. The summed E-state index contributed by atoms with van der Waals surface area (Å²) in [6.45, 7) is 10.4. The van der Waals surface area contributed by atoms with E-state index in [-0.39, 0.29) is 6.54 Å². The van der Waals surface area contributed by atoms with E-state index in [1.165, 1.54) is 0 Å². The quantitative estimate of drug-likeness (QED) is 0.601. The topological polar surface area (TPSA) is 84.9 Å². The highest BCUT2D eigenvalue weighted by molar-refractivity contribution is 7.92. The van der Waals surface area contributed by atoms with Crippen molar-refractivity contribution in [3.05, 3.63) is 53.1 Å². The molecule has 8 heteroatoms. The average Bonchev–Trinajstić information content (AvgIpc) is 2.66. The number of carbonyl (C=O) groups excluding carboxylic acids is 1. The van der Waals surface area contributed by atoms with Crippen molar-refractivity contribution in [2.45, 2.75) is 47.2 Å². The van der Waals surface area contributed by atoms with Crippen LogP contribution in [0.15, 0.2) is 36.4 Å². The molecule has 0 bridgehead atoms. The number of aryl methyl sites for hydroxylation is 2. The molecular weight excluding hydrogens is 416 g/mol. The number of benzene rings is 2. The van der Waals surface area contributed by atoms with Gasteiger partial charge in [0.25, 0.3) is 0 Å². The molecule has 0 spiro atoms. The van der Waals surface area contributed by atoms with E-state index < -0.39 is 22.0 Å². The SMILES string of the molecule is CCOc1ccc(CNC(=O)[C@@H](C)N(c2cc(C)cc(C)c2)S(C)(=O)=O)cc1OCC. The first-order valence-electron chi connectivity index (χ1n) is 10.3. The molecule has 1 atom stereocenters. The predicted molar refractivity (Wildman–Crippen MR) is 123 cm³/mol. The van der Waals surface area contributed by atoms with Crippen LogP contribution in [0.3, 0.4) is 0 Å². The van der Waals surface area contributed by atoms with Crippen molar-refractivity contribution in [2.24, 2.45) is 0 Å². The van der Waals surface area contributed by atoms with Gasteiger partial charge in [-0.1, -0.05) is 12.1 Å². The van der Waals surface area contributed by atoms with E-state index in [2.05, 4.69) is 5.32 Å². The molecule has 0 saturated heterocycles. The third-order valence-corrected chi connectivity index (χ3v) is 5.87. The first kappa shape index (κ1) is 24.5. The van der Waals surface area contributed by atoms with Crippen molar-refractivity contribution >= 4 is 21.6 Å². The summed E-state index contributed by atoms with van der Waals surface area (Å²) in [5.41, 5.74) is 3.15. The number of nitrogens with one attached hydrogen (secondary N) is 1. The van der Waals surface area contributed by atoms with Gasteiger partial charge in [0, 0.05) is 6.54 Å². The van der Waals surface area contributed by atoms with Crippen molar-refractivity contribution in [3.63, 3.8) is 0 Å². The lowest BCUT2D eigenvalue weighted by Crippen LogP contribution is -2.47. The number of anilines is 1. The lowest BCUT2D eigenvalue weighted by Gasteiger charge is -2.29. The van der Waals surface area contributed by atoms with Crippen LogP contribution < -0.4 is 19.1 Å². The van der Waals surface area contributed by atoms with E-state index in [1.54, 1.807) is 25.1 Å². The van der Waals surface area contributed by atoms with Gasteiger partial charge in [0.2, 0.25) is 15.9 Å². The third kappa shape index (κ3) is 6.62. The van der Waals surface area contributed by atoms with Crippen LogP contribution in [0.25, 0.3) is 0 Å². The molecular formula is C23H32N2O5S. The number of rotatable bonds is 10. The summed E-state index contributed by atoms with van der Waals surface area (Å²) < 4.78 is 37.4. The minimum absolute atomic E-state index is 0.236. The first-order chi connectivity index (χ1) is 14.6. The first-order valence-corrected chi connectivity index (χ1v) is 12.2. The molecule has 0 aliphatic heterocycles. The summed E-state index contributed by atoms with van der Waals surface area (Å²) >= 11 is 0. The maximum absolute atomic E-state index is 12.9. The number of carbonyl (C=O) groups is 1. The van der Waals surface area contributed by atoms with E-state index in [4.69, 9.17) is 9.47 Å². The smallest absolute Gasteiger partial charge is 0.243 e. The summed E-state index contributed by atoms with van der Waals surface area (Å²) in [6, 6.07) is 10.0. The second-order valence-electron chi connectivity index (χ2n) is 7.45. The number of sulfonamides is 1. The molecule has 1 N–H and O–H groups in total. The summed E-state index contributed by atoms with van der Waals surface area (Å²) in [7, 11) is -3.67. The Bertz CT molecular complexity index is 1000. The monoisotopic (exact) mass is 448 g/mol. The van der Waals surface area contributed by atoms with Gasteiger partial charge >= 0.3 is 0 Å². The van der Waals surface area contributed by atoms with Crippen molar-refractivity contribution in [1.82, 2.24) is 5.32 Å². The van der Waals surface area contributed by atoms with Gasteiger partial charge < -0.3 is 14.8 Å². The molecule has 0 unspecified atom stereocenters. The van der Waals surface area contributed by atoms with Gasteiger partial charge in [-0.2, -0.15) is 0 Å². The fourth-order valence-electron chi connectivity index (χ4n) is 3.43. The largest absolute Gasteiger partial charge is 0.490 e. The maximum atomic E-state index is 12.9. The molecule has 2 rings (SSSR count). The average molecular weight is 449 g/mol. The second-order valence-corrected chi connectivity index (χ2v) is 9.31. The molecule has 2 aromatic carbocycles. The van der Waals surface area contributed by atoms with Crippen molar-refractivity contribution < 1.29 is 22.7 Å². The molecule has 0 aromatic heterocycles. The Hall–Kier alpha value is -2.74. The van der Waals surface area contributed by atoms with Crippen LogP contribution in [0.1, 0.15) is 37.5 Å². The molecule has 0 aliphatic carbocycles. The zero-order valence-electron chi connectivity index (χ0n) is 19.1. The van der Waals surface area contributed by atoms with E-state index in [1.807, 2.05) is 45.9 Å². The molecule has 31 heavy (non-hydrogen) atoms. The minimum Gasteiger partial charge on any atom is -0.490 e. The van der Waals surface area contributed by atoms with Crippen molar-refractivity contribution in [1.29, 1.82) is 0 Å².